The fraction of sp³-hybridized carbons (Fsp3) is 0.793. The van der Waals surface area contributed by atoms with Gasteiger partial charge in [0.05, 0.1) is 56.9 Å². The number of hydrogen-bond donors (Lipinski definition) is 14. The number of nitrogens with zero attached hydrogens (tertiary/aromatic N) is 5. The lowest BCUT2D eigenvalue weighted by Gasteiger charge is -2.32. The lowest BCUT2D eigenvalue weighted by atomic mass is 10.0. The van der Waals surface area contributed by atoms with Crippen LogP contribution in [0.2, 0.25) is 0 Å². The molecule has 5 fully saturated rings. The van der Waals surface area contributed by atoms with Crippen molar-refractivity contribution in [2.75, 3.05) is 129 Å². The second-order valence-electron chi connectivity index (χ2n) is 23.9. The minimum atomic E-state index is -1.27. The van der Waals surface area contributed by atoms with Crippen molar-refractivity contribution in [2.24, 2.45) is 0 Å². The number of unbranched alkanes of at least 4 members (excludes halogenated alkanes) is 3. The Balaban J connectivity index is 1.07. The standard InChI is InChI=1S/C58H99N15O16S2/c1-3-38(62-45(74)16-7-5-14-43-52-41(36-90-43)65-57(88)67-52)54(84)60-19-11-21-69(22-12-20-61-55(85)39(4-2)63-46(75)17-8-6-15-44-53-42(37-91-44)66-58(89)68-53)32-48(77)64-40(56(86)87)13-9-10-18-59-47(76)31-70-23-25-71(33-49(78)79)27-29-73(35-51(82)83)30-28-72(26-24-70)34-50(80)81/h38-44,52-53H,3-37H2,1-2H3,(H,59,76)(H,60,84)(H,61,85)(H,62,74)(H,63,75)(H,64,77)(H,78,79)(H,80,81)(H,82,83)(H,86,87)(H2,65,67,88)(H2,66,68,89). The molecule has 5 heterocycles. The van der Waals surface area contributed by atoms with E-state index in [4.69, 9.17) is 0 Å². The number of carbonyl (C=O) groups is 12. The summed E-state index contributed by atoms with van der Waals surface area (Å²) < 4.78 is 0. The van der Waals surface area contributed by atoms with Gasteiger partial charge in [-0.15, -0.1) is 0 Å². The maximum Gasteiger partial charge on any atom is 0.326 e. The monoisotopic (exact) mass is 1330 g/mol. The Bertz CT molecular complexity index is 2320. The smallest absolute Gasteiger partial charge is 0.326 e. The fourth-order valence-electron chi connectivity index (χ4n) is 11.8. The minimum Gasteiger partial charge on any atom is -0.480 e. The normalized spacial score (nSPS) is 22.5. The first-order chi connectivity index (χ1) is 43.6. The Kier molecular flexibility index (Phi) is 33.7. The summed E-state index contributed by atoms with van der Waals surface area (Å²) in [6, 6.07) is -2.69. The summed E-state index contributed by atoms with van der Waals surface area (Å²) in [5, 5.41) is 68.0. The fourth-order valence-corrected chi connectivity index (χ4v) is 14.9. The molecule has 0 aliphatic carbocycles. The molecule has 514 valence electrons. The molecule has 33 heteroatoms. The van der Waals surface area contributed by atoms with Crippen molar-refractivity contribution in [3.8, 4) is 0 Å². The van der Waals surface area contributed by atoms with Gasteiger partial charge < -0.3 is 73.6 Å². The molecule has 5 aliphatic heterocycles. The lowest BCUT2D eigenvalue weighted by Crippen LogP contribution is -2.49. The molecule has 14 N–H and O–H groups in total. The Morgan fingerprint density at radius 1 is 0.484 bits per heavy atom. The number of fused-ring (bicyclic) bond motifs is 2. The summed E-state index contributed by atoms with van der Waals surface area (Å²) in [6.45, 7) is 5.37. The zero-order valence-corrected chi connectivity index (χ0v) is 54.3. The van der Waals surface area contributed by atoms with Crippen LogP contribution in [0, 0.1) is 0 Å². The zero-order valence-electron chi connectivity index (χ0n) is 52.7. The van der Waals surface area contributed by atoms with Gasteiger partial charge in [-0.3, -0.25) is 67.7 Å². The minimum absolute atomic E-state index is 0.0343. The van der Waals surface area contributed by atoms with Gasteiger partial charge in [0.25, 0.3) is 0 Å². The SMILES string of the molecule is CCC(NC(=O)CCCCC1SCC2NC(=O)NC21)C(=O)NCCCN(CCCNC(=O)C(CC)NC(=O)CCCCC1SCC2NC(=O)NC21)CC(=O)NC(CCCCNC(=O)CN1CCN(CC(=O)O)CCN(CC(=O)O)CCN(CC(=O)O)CC1)C(=O)O. The highest BCUT2D eigenvalue weighted by Crippen LogP contribution is 2.34. The number of thioether (sulfide) groups is 2. The van der Waals surface area contributed by atoms with Crippen LogP contribution in [0.1, 0.15) is 110 Å². The van der Waals surface area contributed by atoms with Gasteiger partial charge in [-0.2, -0.15) is 23.5 Å². The third-order valence-electron chi connectivity index (χ3n) is 16.8. The quantitative estimate of drug-likeness (QED) is 0.0230. The Morgan fingerprint density at radius 3 is 1.27 bits per heavy atom. The maximum absolute atomic E-state index is 13.6. The van der Waals surface area contributed by atoms with Gasteiger partial charge in [0.15, 0.2) is 0 Å². The van der Waals surface area contributed by atoms with Crippen molar-refractivity contribution >= 4 is 94.9 Å². The highest BCUT2D eigenvalue weighted by atomic mass is 32.2. The number of carboxylic acids is 4. The second kappa shape index (κ2) is 40.7. The molecule has 0 radical (unpaired) electrons. The topological polar surface area (TPSA) is 422 Å². The zero-order chi connectivity index (χ0) is 66.2. The molecule has 0 aromatic carbocycles. The number of carboxylic acid groups (broad SMARTS) is 4. The molecule has 9 atom stereocenters. The molecule has 0 saturated carbocycles. The molecule has 0 aromatic heterocycles. The molecule has 91 heavy (non-hydrogen) atoms. The summed E-state index contributed by atoms with van der Waals surface area (Å²) in [6.07, 6.45) is 7.19. The van der Waals surface area contributed by atoms with Crippen LogP contribution in [0.4, 0.5) is 9.59 Å². The van der Waals surface area contributed by atoms with Gasteiger partial charge >= 0.3 is 35.9 Å². The summed E-state index contributed by atoms with van der Waals surface area (Å²) in [5.74, 6) is -4.93. The molecular formula is C58H99N15O16S2. The average molecular weight is 1330 g/mol. The van der Waals surface area contributed by atoms with Crippen LogP contribution in [0.15, 0.2) is 0 Å². The van der Waals surface area contributed by atoms with Crippen molar-refractivity contribution < 1.29 is 78.0 Å². The predicted octanol–water partition coefficient (Wildman–Crippen LogP) is -2.13. The van der Waals surface area contributed by atoms with E-state index in [1.807, 2.05) is 23.5 Å². The van der Waals surface area contributed by atoms with E-state index in [-0.39, 0.29) is 213 Å². The number of urea groups is 2. The van der Waals surface area contributed by atoms with Crippen LogP contribution in [0.5, 0.6) is 0 Å². The summed E-state index contributed by atoms with van der Waals surface area (Å²) in [4.78, 5) is 159. The maximum atomic E-state index is 13.6. The molecular weight excluding hydrogens is 1230 g/mol. The van der Waals surface area contributed by atoms with Gasteiger partial charge in [-0.1, -0.05) is 26.7 Å². The van der Waals surface area contributed by atoms with Gasteiger partial charge in [-0.25, -0.2) is 14.4 Å². The highest BCUT2D eigenvalue weighted by molar-refractivity contribution is 8.00. The largest absolute Gasteiger partial charge is 0.480 e. The van der Waals surface area contributed by atoms with Crippen molar-refractivity contribution in [2.45, 2.75) is 163 Å². The van der Waals surface area contributed by atoms with E-state index in [9.17, 15) is 78.0 Å². The van der Waals surface area contributed by atoms with Crippen molar-refractivity contribution in [3.05, 3.63) is 0 Å². The van der Waals surface area contributed by atoms with Gasteiger partial charge in [-0.05, 0) is 70.6 Å². The average Bonchev–Trinajstić information content (AvgIpc) is 1.71. The Hall–Kier alpha value is -6.26. The van der Waals surface area contributed by atoms with Crippen molar-refractivity contribution in [1.29, 1.82) is 0 Å². The summed E-state index contributed by atoms with van der Waals surface area (Å²) in [7, 11) is 0. The number of nitrogens with one attached hydrogen (secondary N) is 10. The first-order valence-corrected chi connectivity index (χ1v) is 34.3. The van der Waals surface area contributed by atoms with Crippen LogP contribution >= 0.6 is 23.5 Å². The predicted molar refractivity (Wildman–Crippen MR) is 339 cm³/mol. The summed E-state index contributed by atoms with van der Waals surface area (Å²) >= 11 is 3.62. The Morgan fingerprint density at radius 2 is 0.879 bits per heavy atom. The van der Waals surface area contributed by atoms with E-state index in [0.29, 0.717) is 51.4 Å². The van der Waals surface area contributed by atoms with Crippen LogP contribution in [0.3, 0.4) is 0 Å². The molecule has 0 bridgehead atoms. The third-order valence-corrected chi connectivity index (χ3v) is 19.8. The van der Waals surface area contributed by atoms with E-state index in [1.165, 1.54) is 0 Å². The van der Waals surface area contributed by atoms with Gasteiger partial charge in [0.1, 0.15) is 18.1 Å². The van der Waals surface area contributed by atoms with Gasteiger partial charge in [0.2, 0.25) is 35.4 Å². The third kappa shape index (κ3) is 28.7. The molecule has 5 aliphatic rings. The van der Waals surface area contributed by atoms with E-state index >= 15 is 0 Å². The van der Waals surface area contributed by atoms with E-state index in [1.54, 1.807) is 38.3 Å². The highest BCUT2D eigenvalue weighted by Gasteiger charge is 2.44. The molecule has 5 saturated heterocycles. The van der Waals surface area contributed by atoms with Gasteiger partial charge in [0, 0.05) is 120 Å². The molecule has 9 unspecified atom stereocenters. The number of amides is 10. The molecule has 10 amide bonds. The van der Waals surface area contributed by atoms with Crippen LogP contribution in [0.25, 0.3) is 0 Å². The number of hydrogen-bond acceptors (Lipinski definition) is 19. The molecule has 31 nitrogen and oxygen atoms in total. The van der Waals surface area contributed by atoms with Crippen molar-refractivity contribution in [1.82, 2.24) is 77.7 Å². The van der Waals surface area contributed by atoms with Crippen LogP contribution in [-0.4, -0.2) is 298 Å². The first kappa shape index (κ1) is 75.5. The molecule has 5 rings (SSSR count). The Labute approximate surface area is 540 Å². The number of aliphatic carboxylic acids is 4. The van der Waals surface area contributed by atoms with E-state index in [0.717, 1.165) is 37.2 Å². The van der Waals surface area contributed by atoms with Crippen molar-refractivity contribution in [3.63, 3.8) is 0 Å². The second-order valence-corrected chi connectivity index (χ2v) is 26.5. The van der Waals surface area contributed by atoms with E-state index < -0.39 is 47.9 Å². The lowest BCUT2D eigenvalue weighted by molar-refractivity contribution is -0.142. The van der Waals surface area contributed by atoms with E-state index in [2.05, 4.69) is 53.2 Å². The van der Waals surface area contributed by atoms with Crippen LogP contribution in [-0.2, 0) is 47.9 Å². The number of carbonyl (C=O) groups excluding carboxylic acids is 8. The van der Waals surface area contributed by atoms with Crippen LogP contribution < -0.4 is 53.2 Å². The molecule has 0 aromatic rings. The first-order valence-electron chi connectivity index (χ1n) is 32.2. The molecule has 0 spiro atoms. The number of rotatable bonds is 41. The summed E-state index contributed by atoms with van der Waals surface area (Å²) in [5.41, 5.74) is 0.